The van der Waals surface area contributed by atoms with Gasteiger partial charge in [-0.15, -0.1) is 0 Å². The molecule has 7 heteroatoms. The molecule has 0 N–H and O–H groups in total. The van der Waals surface area contributed by atoms with Gasteiger partial charge in [-0.25, -0.2) is 8.42 Å². The van der Waals surface area contributed by atoms with Gasteiger partial charge in [0.1, 0.15) is 0 Å². The van der Waals surface area contributed by atoms with E-state index in [1.54, 1.807) is 12.1 Å². The second kappa shape index (κ2) is 6.48. The van der Waals surface area contributed by atoms with Crippen molar-refractivity contribution in [2.75, 3.05) is 26.5 Å². The molecule has 0 radical (unpaired) electrons. The first-order chi connectivity index (χ1) is 10.3. The molecule has 1 atom stereocenters. The Morgan fingerprint density at radius 2 is 1.95 bits per heavy atom. The van der Waals surface area contributed by atoms with Crippen LogP contribution in [0.25, 0.3) is 0 Å². The SMILES string of the molecule is COC(=O)C1CCCN(C(=O)c2ccccc2S(C)(=O)=O)C1. The first-order valence-corrected chi connectivity index (χ1v) is 8.90. The third-order valence-electron chi connectivity index (χ3n) is 3.76. The van der Waals surface area contributed by atoms with E-state index in [1.807, 2.05) is 0 Å². The molecule has 1 aromatic rings. The summed E-state index contributed by atoms with van der Waals surface area (Å²) in [5.41, 5.74) is 0.149. The minimum atomic E-state index is -3.49. The van der Waals surface area contributed by atoms with Crippen molar-refractivity contribution < 1.29 is 22.7 Å². The number of likely N-dealkylation sites (tertiary alicyclic amines) is 1. The lowest BCUT2D eigenvalue weighted by Gasteiger charge is -2.31. The van der Waals surface area contributed by atoms with Crippen molar-refractivity contribution in [1.29, 1.82) is 0 Å². The minimum absolute atomic E-state index is 0.0141. The van der Waals surface area contributed by atoms with Crippen molar-refractivity contribution in [3.63, 3.8) is 0 Å². The van der Waals surface area contributed by atoms with Crippen molar-refractivity contribution in [3.05, 3.63) is 29.8 Å². The fourth-order valence-electron chi connectivity index (χ4n) is 2.66. The van der Waals surface area contributed by atoms with E-state index in [-0.39, 0.29) is 34.8 Å². The van der Waals surface area contributed by atoms with Crippen LogP contribution in [0.4, 0.5) is 0 Å². The highest BCUT2D eigenvalue weighted by molar-refractivity contribution is 7.90. The second-order valence-corrected chi connectivity index (χ2v) is 7.37. The lowest BCUT2D eigenvalue weighted by molar-refractivity contribution is -0.146. The lowest BCUT2D eigenvalue weighted by Crippen LogP contribution is -2.43. The molecule has 1 saturated heterocycles. The normalized spacial score (nSPS) is 18.8. The smallest absolute Gasteiger partial charge is 0.310 e. The van der Waals surface area contributed by atoms with Crippen LogP contribution in [-0.4, -0.2) is 51.6 Å². The largest absolute Gasteiger partial charge is 0.469 e. The summed E-state index contributed by atoms with van der Waals surface area (Å²) in [6, 6.07) is 6.13. The molecule has 6 nitrogen and oxygen atoms in total. The molecule has 0 spiro atoms. The van der Waals surface area contributed by atoms with Gasteiger partial charge in [-0.1, -0.05) is 12.1 Å². The maximum atomic E-state index is 12.6. The molecular formula is C15H19NO5S. The molecule has 1 fully saturated rings. The fraction of sp³-hybridized carbons (Fsp3) is 0.467. The Balaban J connectivity index is 2.27. The number of methoxy groups -OCH3 is 1. The molecule has 1 aromatic carbocycles. The van der Waals surface area contributed by atoms with E-state index >= 15 is 0 Å². The molecule has 0 aliphatic carbocycles. The maximum Gasteiger partial charge on any atom is 0.310 e. The average Bonchev–Trinajstić information content (AvgIpc) is 2.52. The number of ether oxygens (including phenoxy) is 1. The number of amides is 1. The molecule has 2 rings (SSSR count). The minimum Gasteiger partial charge on any atom is -0.469 e. The first-order valence-electron chi connectivity index (χ1n) is 7.00. The molecule has 120 valence electrons. The molecule has 1 heterocycles. The summed E-state index contributed by atoms with van der Waals surface area (Å²) in [5, 5.41) is 0. The molecular weight excluding hydrogens is 306 g/mol. The number of rotatable bonds is 3. The summed E-state index contributed by atoms with van der Waals surface area (Å²) in [4.78, 5) is 25.8. The fourth-order valence-corrected chi connectivity index (χ4v) is 3.54. The monoisotopic (exact) mass is 325 g/mol. The Hall–Kier alpha value is -1.89. The van der Waals surface area contributed by atoms with Gasteiger partial charge < -0.3 is 9.64 Å². The number of carbonyl (C=O) groups excluding carboxylic acids is 2. The van der Waals surface area contributed by atoms with Crippen LogP contribution in [0.3, 0.4) is 0 Å². The van der Waals surface area contributed by atoms with E-state index in [0.717, 1.165) is 6.26 Å². The predicted molar refractivity (Wildman–Crippen MR) is 80.2 cm³/mol. The van der Waals surface area contributed by atoms with Crippen molar-refractivity contribution in [1.82, 2.24) is 4.90 Å². The van der Waals surface area contributed by atoms with Crippen LogP contribution in [-0.2, 0) is 19.4 Å². The summed E-state index contributed by atoms with van der Waals surface area (Å²) in [5.74, 6) is -1.06. The van der Waals surface area contributed by atoms with Gasteiger partial charge in [0.05, 0.1) is 23.5 Å². The highest BCUT2D eigenvalue weighted by Gasteiger charge is 2.31. The lowest BCUT2D eigenvalue weighted by atomic mass is 9.97. The van der Waals surface area contributed by atoms with Gasteiger partial charge in [0.15, 0.2) is 9.84 Å². The summed E-state index contributed by atoms with van der Waals surface area (Å²) in [6.07, 6.45) is 2.43. The van der Waals surface area contributed by atoms with Gasteiger partial charge in [0, 0.05) is 19.3 Å². The van der Waals surface area contributed by atoms with Crippen LogP contribution in [0.5, 0.6) is 0 Å². The Morgan fingerprint density at radius 3 is 2.59 bits per heavy atom. The molecule has 1 unspecified atom stereocenters. The summed E-state index contributed by atoms with van der Waals surface area (Å²) in [6.45, 7) is 0.758. The number of sulfone groups is 1. The van der Waals surface area contributed by atoms with Gasteiger partial charge in [-0.2, -0.15) is 0 Å². The molecule has 1 aliphatic rings. The number of benzene rings is 1. The zero-order valence-electron chi connectivity index (χ0n) is 12.6. The van der Waals surface area contributed by atoms with E-state index < -0.39 is 9.84 Å². The van der Waals surface area contributed by atoms with Gasteiger partial charge >= 0.3 is 5.97 Å². The Labute approximate surface area is 130 Å². The number of nitrogens with zero attached hydrogens (tertiary/aromatic N) is 1. The number of hydrogen-bond donors (Lipinski definition) is 0. The van der Waals surface area contributed by atoms with E-state index in [0.29, 0.717) is 19.4 Å². The third kappa shape index (κ3) is 3.47. The van der Waals surface area contributed by atoms with Crippen molar-refractivity contribution in [2.45, 2.75) is 17.7 Å². The number of carbonyl (C=O) groups is 2. The van der Waals surface area contributed by atoms with Crippen LogP contribution < -0.4 is 0 Å². The van der Waals surface area contributed by atoms with Gasteiger partial charge in [0.2, 0.25) is 0 Å². The van der Waals surface area contributed by atoms with Crippen LogP contribution in [0, 0.1) is 5.92 Å². The van der Waals surface area contributed by atoms with E-state index in [4.69, 9.17) is 4.74 Å². The summed E-state index contributed by atoms with van der Waals surface area (Å²) in [7, 11) is -2.17. The molecule has 0 saturated carbocycles. The van der Waals surface area contributed by atoms with Crippen LogP contribution in [0.15, 0.2) is 29.2 Å². The number of piperidine rings is 1. The van der Waals surface area contributed by atoms with Gasteiger partial charge in [-0.05, 0) is 25.0 Å². The molecule has 0 bridgehead atoms. The predicted octanol–water partition coefficient (Wildman–Crippen LogP) is 1.12. The quantitative estimate of drug-likeness (QED) is 0.778. The van der Waals surface area contributed by atoms with Gasteiger partial charge in [-0.3, -0.25) is 9.59 Å². The average molecular weight is 325 g/mol. The van der Waals surface area contributed by atoms with E-state index in [9.17, 15) is 18.0 Å². The Kier molecular flexibility index (Phi) is 4.85. The van der Waals surface area contributed by atoms with E-state index in [1.165, 1.54) is 24.1 Å². The summed E-state index contributed by atoms with van der Waals surface area (Å²) >= 11 is 0. The Bertz CT molecular complexity index is 683. The van der Waals surface area contributed by atoms with Gasteiger partial charge in [0.25, 0.3) is 5.91 Å². The van der Waals surface area contributed by atoms with Crippen LogP contribution >= 0.6 is 0 Å². The first kappa shape index (κ1) is 16.5. The molecule has 1 amide bonds. The maximum absolute atomic E-state index is 12.6. The zero-order valence-corrected chi connectivity index (χ0v) is 13.4. The number of esters is 1. The summed E-state index contributed by atoms with van der Waals surface area (Å²) < 4.78 is 28.4. The topological polar surface area (TPSA) is 80.8 Å². The molecule has 1 aliphatic heterocycles. The zero-order chi connectivity index (χ0) is 16.3. The van der Waals surface area contributed by atoms with Crippen molar-refractivity contribution in [2.24, 2.45) is 5.92 Å². The molecule has 0 aromatic heterocycles. The van der Waals surface area contributed by atoms with Crippen LogP contribution in [0.2, 0.25) is 0 Å². The van der Waals surface area contributed by atoms with E-state index in [2.05, 4.69) is 0 Å². The molecule has 22 heavy (non-hydrogen) atoms. The van der Waals surface area contributed by atoms with Crippen molar-refractivity contribution in [3.8, 4) is 0 Å². The van der Waals surface area contributed by atoms with Crippen molar-refractivity contribution >= 4 is 21.7 Å². The second-order valence-electron chi connectivity index (χ2n) is 5.38. The Morgan fingerprint density at radius 1 is 1.27 bits per heavy atom. The highest BCUT2D eigenvalue weighted by atomic mass is 32.2. The standard InChI is InChI=1S/C15H19NO5S/c1-21-15(18)11-6-5-9-16(10-11)14(17)12-7-3-4-8-13(12)22(2,19)20/h3-4,7-8,11H,5-6,9-10H2,1-2H3. The highest BCUT2D eigenvalue weighted by Crippen LogP contribution is 2.22. The van der Waals surface area contributed by atoms with Crippen LogP contribution in [0.1, 0.15) is 23.2 Å². The third-order valence-corrected chi connectivity index (χ3v) is 4.92. The number of hydrogen-bond acceptors (Lipinski definition) is 5.